The molecule has 96 valence electrons. The molecule has 0 amide bonds. The van der Waals surface area contributed by atoms with Gasteiger partial charge in [0.05, 0.1) is 0 Å². The highest BCUT2D eigenvalue weighted by atomic mass is 16.5. The number of nitrogens with two attached hydrogens (primary N) is 1. The van der Waals surface area contributed by atoms with Crippen molar-refractivity contribution in [2.75, 3.05) is 6.54 Å². The van der Waals surface area contributed by atoms with Gasteiger partial charge in [0.15, 0.2) is 5.82 Å². The van der Waals surface area contributed by atoms with Crippen molar-refractivity contribution in [2.24, 2.45) is 11.7 Å². The molecule has 0 aliphatic carbocycles. The second kappa shape index (κ2) is 5.78. The third-order valence-corrected chi connectivity index (χ3v) is 2.67. The monoisotopic (exact) mass is 245 g/mol. The van der Waals surface area contributed by atoms with E-state index >= 15 is 0 Å². The van der Waals surface area contributed by atoms with E-state index in [2.05, 4.69) is 36.1 Å². The van der Waals surface area contributed by atoms with E-state index in [9.17, 15) is 0 Å². The minimum atomic E-state index is 0.527. The first kappa shape index (κ1) is 12.8. The third kappa shape index (κ3) is 3.17. The average molecular weight is 245 g/mol. The smallest absolute Gasteiger partial charge is 0.257 e. The summed E-state index contributed by atoms with van der Waals surface area (Å²) in [6.07, 6.45) is 1.70. The van der Waals surface area contributed by atoms with E-state index in [1.54, 1.807) is 0 Å². The van der Waals surface area contributed by atoms with E-state index in [1.165, 1.54) is 5.56 Å². The Labute approximate surface area is 107 Å². The summed E-state index contributed by atoms with van der Waals surface area (Å²) in [5.74, 6) is 1.88. The molecule has 0 spiro atoms. The van der Waals surface area contributed by atoms with Crippen LogP contribution in [-0.2, 0) is 12.8 Å². The maximum absolute atomic E-state index is 5.56. The number of aromatic nitrogens is 2. The molecular formula is C14H19N3O. The largest absolute Gasteiger partial charge is 0.334 e. The number of nitrogens with zero attached hydrogens (tertiary/aromatic N) is 2. The lowest BCUT2D eigenvalue weighted by atomic mass is 10.1. The van der Waals surface area contributed by atoms with Crippen molar-refractivity contribution >= 4 is 0 Å². The van der Waals surface area contributed by atoms with Crippen LogP contribution in [0.1, 0.15) is 25.2 Å². The van der Waals surface area contributed by atoms with Crippen molar-refractivity contribution in [1.29, 1.82) is 0 Å². The molecule has 2 rings (SSSR count). The molecule has 18 heavy (non-hydrogen) atoms. The van der Waals surface area contributed by atoms with Gasteiger partial charge in [0.2, 0.25) is 0 Å². The predicted octanol–water partition coefficient (Wildman–Crippen LogP) is 2.44. The van der Waals surface area contributed by atoms with Gasteiger partial charge in [-0.05, 0) is 36.6 Å². The van der Waals surface area contributed by atoms with Crippen LogP contribution in [0, 0.1) is 5.92 Å². The zero-order valence-corrected chi connectivity index (χ0v) is 10.9. The van der Waals surface area contributed by atoms with E-state index < -0.39 is 0 Å². The van der Waals surface area contributed by atoms with Crippen LogP contribution in [0.2, 0.25) is 0 Å². The maximum Gasteiger partial charge on any atom is 0.257 e. The standard InChI is InChI=1S/C14H19N3O/c1-10(2)8-13-16-14(18-17-13)12-5-3-4-11(9-12)6-7-15/h3-5,9-10H,6-8,15H2,1-2H3. The first-order chi connectivity index (χ1) is 8.69. The van der Waals surface area contributed by atoms with Gasteiger partial charge in [-0.15, -0.1) is 0 Å². The van der Waals surface area contributed by atoms with Gasteiger partial charge < -0.3 is 10.3 Å². The van der Waals surface area contributed by atoms with E-state index in [4.69, 9.17) is 10.3 Å². The Morgan fingerprint density at radius 1 is 1.33 bits per heavy atom. The van der Waals surface area contributed by atoms with Gasteiger partial charge in [-0.25, -0.2) is 0 Å². The molecule has 1 aromatic carbocycles. The zero-order valence-electron chi connectivity index (χ0n) is 10.9. The minimum absolute atomic E-state index is 0.527. The molecule has 0 bridgehead atoms. The Morgan fingerprint density at radius 3 is 2.89 bits per heavy atom. The Hall–Kier alpha value is -1.68. The van der Waals surface area contributed by atoms with Crippen LogP contribution < -0.4 is 5.73 Å². The first-order valence-corrected chi connectivity index (χ1v) is 6.31. The number of benzene rings is 1. The molecule has 2 N–H and O–H groups in total. The summed E-state index contributed by atoms with van der Waals surface area (Å²) in [4.78, 5) is 4.41. The minimum Gasteiger partial charge on any atom is -0.334 e. The van der Waals surface area contributed by atoms with E-state index in [0.29, 0.717) is 18.4 Å². The quantitative estimate of drug-likeness (QED) is 0.878. The fourth-order valence-corrected chi connectivity index (χ4v) is 1.85. The van der Waals surface area contributed by atoms with Crippen LogP contribution >= 0.6 is 0 Å². The maximum atomic E-state index is 5.56. The van der Waals surface area contributed by atoms with Crippen LogP contribution in [-0.4, -0.2) is 16.7 Å². The summed E-state index contributed by atoms with van der Waals surface area (Å²) >= 11 is 0. The second-order valence-corrected chi connectivity index (χ2v) is 4.85. The molecule has 4 nitrogen and oxygen atoms in total. The van der Waals surface area contributed by atoms with Crippen LogP contribution in [0.5, 0.6) is 0 Å². The molecular weight excluding hydrogens is 226 g/mol. The number of rotatable bonds is 5. The van der Waals surface area contributed by atoms with Gasteiger partial charge in [-0.1, -0.05) is 31.1 Å². The Morgan fingerprint density at radius 2 is 2.17 bits per heavy atom. The molecule has 0 radical (unpaired) electrons. The molecule has 0 atom stereocenters. The van der Waals surface area contributed by atoms with E-state index in [-0.39, 0.29) is 0 Å². The lowest BCUT2D eigenvalue weighted by Crippen LogP contribution is -2.02. The molecule has 0 unspecified atom stereocenters. The summed E-state index contributed by atoms with van der Waals surface area (Å²) in [5.41, 5.74) is 7.71. The first-order valence-electron chi connectivity index (χ1n) is 6.31. The summed E-state index contributed by atoms with van der Waals surface area (Å²) in [6, 6.07) is 8.08. The third-order valence-electron chi connectivity index (χ3n) is 2.67. The molecule has 1 aromatic heterocycles. The van der Waals surface area contributed by atoms with Crippen molar-refractivity contribution in [3.63, 3.8) is 0 Å². The fraction of sp³-hybridized carbons (Fsp3) is 0.429. The zero-order chi connectivity index (χ0) is 13.0. The van der Waals surface area contributed by atoms with Crippen molar-refractivity contribution < 1.29 is 4.52 Å². The Kier molecular flexibility index (Phi) is 4.10. The van der Waals surface area contributed by atoms with Crippen LogP contribution in [0.3, 0.4) is 0 Å². The molecule has 1 heterocycles. The molecule has 0 fully saturated rings. The average Bonchev–Trinajstić information content (AvgIpc) is 2.77. The Balaban J connectivity index is 2.20. The van der Waals surface area contributed by atoms with Gasteiger partial charge in [-0.2, -0.15) is 4.98 Å². The normalized spacial score (nSPS) is 11.1. The van der Waals surface area contributed by atoms with Crippen molar-refractivity contribution in [3.05, 3.63) is 35.7 Å². The highest BCUT2D eigenvalue weighted by Gasteiger charge is 2.10. The molecule has 0 aliphatic heterocycles. The van der Waals surface area contributed by atoms with Gasteiger partial charge in [0.25, 0.3) is 5.89 Å². The molecule has 0 aliphatic rings. The van der Waals surface area contributed by atoms with Crippen LogP contribution in [0.15, 0.2) is 28.8 Å². The van der Waals surface area contributed by atoms with Gasteiger partial charge >= 0.3 is 0 Å². The second-order valence-electron chi connectivity index (χ2n) is 4.85. The molecule has 4 heteroatoms. The van der Waals surface area contributed by atoms with Crippen molar-refractivity contribution in [2.45, 2.75) is 26.7 Å². The number of hydrogen-bond donors (Lipinski definition) is 1. The molecule has 0 saturated heterocycles. The molecule has 2 aromatic rings. The van der Waals surface area contributed by atoms with Crippen LogP contribution in [0.25, 0.3) is 11.5 Å². The van der Waals surface area contributed by atoms with E-state index in [0.717, 1.165) is 24.2 Å². The van der Waals surface area contributed by atoms with E-state index in [1.807, 2.05) is 12.1 Å². The lowest BCUT2D eigenvalue weighted by Gasteiger charge is -2.00. The lowest BCUT2D eigenvalue weighted by molar-refractivity contribution is 0.417. The molecule has 0 saturated carbocycles. The van der Waals surface area contributed by atoms with Crippen molar-refractivity contribution in [3.8, 4) is 11.5 Å². The number of hydrogen-bond acceptors (Lipinski definition) is 4. The van der Waals surface area contributed by atoms with Gasteiger partial charge in [0, 0.05) is 12.0 Å². The van der Waals surface area contributed by atoms with Gasteiger partial charge in [-0.3, -0.25) is 0 Å². The predicted molar refractivity (Wildman–Crippen MR) is 71.0 cm³/mol. The summed E-state index contributed by atoms with van der Waals surface area (Å²) in [7, 11) is 0. The van der Waals surface area contributed by atoms with Crippen LogP contribution in [0.4, 0.5) is 0 Å². The highest BCUT2D eigenvalue weighted by Crippen LogP contribution is 2.19. The highest BCUT2D eigenvalue weighted by molar-refractivity contribution is 5.54. The summed E-state index contributed by atoms with van der Waals surface area (Å²) < 4.78 is 5.29. The SMILES string of the molecule is CC(C)Cc1noc(-c2cccc(CCN)c2)n1. The Bertz CT molecular complexity index is 505. The summed E-state index contributed by atoms with van der Waals surface area (Å²) in [5, 5.41) is 4.00. The van der Waals surface area contributed by atoms with Crippen molar-refractivity contribution in [1.82, 2.24) is 10.1 Å². The topological polar surface area (TPSA) is 64.9 Å². The summed E-state index contributed by atoms with van der Waals surface area (Å²) in [6.45, 7) is 4.92. The van der Waals surface area contributed by atoms with Gasteiger partial charge in [0.1, 0.15) is 0 Å². The fourth-order valence-electron chi connectivity index (χ4n) is 1.85.